The molecular formula is C13H20N2O4S. The number of unbranched alkanes of at least 4 members (excludes halogenated alkanes) is 2. The fraction of sp³-hybridized carbons (Fsp3) is 0.462. The van der Waals surface area contributed by atoms with Gasteiger partial charge in [0, 0.05) is 6.61 Å². The predicted octanol–water partition coefficient (Wildman–Crippen LogP) is 1.17. The van der Waals surface area contributed by atoms with Gasteiger partial charge >= 0.3 is 5.69 Å². The van der Waals surface area contributed by atoms with Crippen LogP contribution in [0.1, 0.15) is 32.3 Å². The van der Waals surface area contributed by atoms with Crippen molar-refractivity contribution >= 4 is 24.1 Å². The van der Waals surface area contributed by atoms with Crippen LogP contribution >= 0.6 is 11.8 Å². The zero-order valence-corrected chi connectivity index (χ0v) is 11.2. The number of allylic oxidation sites excluding steroid dienone is 1. The fourth-order valence-corrected chi connectivity index (χ4v) is 2.47. The monoisotopic (exact) mass is 300 g/mol. The molecule has 7 heteroatoms. The molecule has 0 aliphatic carbocycles. The average Bonchev–Trinajstić information content (AvgIpc) is 2.37. The molecule has 20 heavy (non-hydrogen) atoms. The summed E-state index contributed by atoms with van der Waals surface area (Å²) in [6, 6.07) is 0. The van der Waals surface area contributed by atoms with E-state index >= 15 is 0 Å². The molecule has 0 amide bonds. The van der Waals surface area contributed by atoms with Gasteiger partial charge in [0.15, 0.2) is 0 Å². The number of aliphatic hydroxyl groups is 1. The summed E-state index contributed by atoms with van der Waals surface area (Å²) in [5.41, 5.74) is -0.801. The number of rotatable bonds is 8. The van der Waals surface area contributed by atoms with Crippen LogP contribution < -0.4 is 11.2 Å². The highest BCUT2D eigenvalue weighted by Gasteiger charge is 2.06. The molecule has 0 radical (unpaired) electrons. The van der Waals surface area contributed by atoms with Gasteiger partial charge in [0.1, 0.15) is 6.29 Å². The number of carbonyl (C=O) groups is 1. The number of aromatic amines is 2. The maximum Gasteiger partial charge on any atom is 0.326 e. The number of nitrogens with one attached hydrogen (secondary N) is 2. The number of hydrogen-bond donors (Lipinski definition) is 3. The molecule has 0 fully saturated rings. The van der Waals surface area contributed by atoms with Crippen molar-refractivity contribution in [2.24, 2.45) is 0 Å². The molecule has 1 aromatic rings. The molecule has 112 valence electrons. The van der Waals surface area contributed by atoms with E-state index in [0.29, 0.717) is 11.3 Å². The summed E-state index contributed by atoms with van der Waals surface area (Å²) in [7, 11) is 0. The largest absolute Gasteiger partial charge is 0.396 e. The van der Waals surface area contributed by atoms with Crippen LogP contribution in [-0.4, -0.2) is 33.7 Å². The lowest BCUT2D eigenvalue weighted by atomic mass is 10.3. The van der Waals surface area contributed by atoms with Crippen LogP contribution in [0.15, 0.2) is 20.7 Å². The Labute approximate surface area is 121 Å². The Balaban J connectivity index is 0.00000361. The van der Waals surface area contributed by atoms with Crippen LogP contribution in [-0.2, 0) is 4.79 Å². The zero-order chi connectivity index (χ0) is 14.1. The third-order valence-corrected chi connectivity index (χ3v) is 3.44. The summed E-state index contributed by atoms with van der Waals surface area (Å²) in [4.78, 5) is 37.8. The second-order valence-electron chi connectivity index (χ2n) is 3.78. The second kappa shape index (κ2) is 10.2. The molecule has 0 spiro atoms. The minimum atomic E-state index is -0.564. The Morgan fingerprint density at radius 1 is 1.15 bits per heavy atom. The predicted molar refractivity (Wildman–Crippen MR) is 81.2 cm³/mol. The summed E-state index contributed by atoms with van der Waals surface area (Å²) in [6.07, 6.45) is 5.65. The highest BCUT2D eigenvalue weighted by molar-refractivity contribution is 7.99. The van der Waals surface area contributed by atoms with Crippen molar-refractivity contribution in [1.82, 2.24) is 9.97 Å². The first-order valence-corrected chi connectivity index (χ1v) is 6.89. The van der Waals surface area contributed by atoms with Crippen LogP contribution in [0.25, 0.3) is 6.08 Å². The highest BCUT2D eigenvalue weighted by Crippen LogP contribution is 2.19. The first kappa shape index (κ1) is 18.4. The molecule has 0 aromatic carbocycles. The minimum absolute atomic E-state index is 0. The zero-order valence-electron chi connectivity index (χ0n) is 10.3. The van der Waals surface area contributed by atoms with Gasteiger partial charge in [0.05, 0.1) is 10.6 Å². The van der Waals surface area contributed by atoms with E-state index in [1.807, 2.05) is 0 Å². The van der Waals surface area contributed by atoms with E-state index in [0.717, 1.165) is 25.0 Å². The number of thioether (sulfide) groups is 1. The molecule has 3 N–H and O–H groups in total. The van der Waals surface area contributed by atoms with E-state index in [1.54, 1.807) is 0 Å². The number of hydrogen-bond acceptors (Lipinski definition) is 5. The number of aldehydes is 1. The van der Waals surface area contributed by atoms with Gasteiger partial charge in [0.2, 0.25) is 0 Å². The number of aliphatic hydroxyl groups excluding tert-OH is 1. The third-order valence-electron chi connectivity index (χ3n) is 2.33. The Kier molecular flexibility index (Phi) is 9.40. The smallest absolute Gasteiger partial charge is 0.326 e. The van der Waals surface area contributed by atoms with Crippen molar-refractivity contribution in [1.29, 1.82) is 0 Å². The van der Waals surface area contributed by atoms with Crippen LogP contribution in [0.4, 0.5) is 0 Å². The quantitative estimate of drug-likeness (QED) is 0.220. The van der Waals surface area contributed by atoms with Gasteiger partial charge in [-0.2, -0.15) is 0 Å². The highest BCUT2D eigenvalue weighted by atomic mass is 32.2. The summed E-state index contributed by atoms with van der Waals surface area (Å²) < 4.78 is 0. The lowest BCUT2D eigenvalue weighted by molar-refractivity contribution is -0.104. The van der Waals surface area contributed by atoms with Crippen molar-refractivity contribution in [2.75, 3.05) is 12.4 Å². The number of carbonyl (C=O) groups excluding carboxylic acids is 1. The summed E-state index contributed by atoms with van der Waals surface area (Å²) >= 11 is 1.35. The van der Waals surface area contributed by atoms with Gasteiger partial charge in [-0.3, -0.25) is 14.6 Å². The van der Waals surface area contributed by atoms with Gasteiger partial charge in [-0.1, -0.05) is 13.8 Å². The minimum Gasteiger partial charge on any atom is -0.396 e. The Bertz CT molecular complexity index is 548. The Morgan fingerprint density at radius 2 is 1.90 bits per heavy atom. The topological polar surface area (TPSA) is 103 Å². The maximum absolute atomic E-state index is 11.6. The van der Waals surface area contributed by atoms with E-state index < -0.39 is 11.2 Å². The molecule has 1 rings (SSSR count). The molecule has 0 bridgehead atoms. The Morgan fingerprint density at radius 3 is 2.55 bits per heavy atom. The normalized spacial score (nSPS) is 10.4. The van der Waals surface area contributed by atoms with E-state index in [9.17, 15) is 14.4 Å². The lowest BCUT2D eigenvalue weighted by Gasteiger charge is -2.04. The first-order chi connectivity index (χ1) is 9.19. The number of aromatic nitrogens is 2. The molecule has 1 aromatic heterocycles. The SMILES string of the molecule is C.O=C/C=C/c1c(SCCCCCO)[nH]c(=O)[nH]c1=O. The standard InChI is InChI=1S/C12H16N2O4S.CH4/c15-6-2-1-3-8-19-11-9(5-4-7-16)10(17)13-12(18)14-11;/h4-5,7,15H,1-3,6,8H2,(H2,13,14,17,18);1H4/b5-4+;. The van der Waals surface area contributed by atoms with Crippen molar-refractivity contribution in [2.45, 2.75) is 31.7 Å². The van der Waals surface area contributed by atoms with Crippen LogP contribution in [0.2, 0.25) is 0 Å². The summed E-state index contributed by atoms with van der Waals surface area (Å²) in [6.45, 7) is 0.166. The summed E-state index contributed by atoms with van der Waals surface area (Å²) in [5.74, 6) is 0.724. The van der Waals surface area contributed by atoms with Crippen LogP contribution in [0, 0.1) is 0 Å². The van der Waals surface area contributed by atoms with E-state index in [2.05, 4.69) is 9.97 Å². The van der Waals surface area contributed by atoms with Gasteiger partial charge in [-0.25, -0.2) is 4.79 Å². The average molecular weight is 300 g/mol. The van der Waals surface area contributed by atoms with Crippen molar-refractivity contribution < 1.29 is 9.90 Å². The van der Waals surface area contributed by atoms with Gasteiger partial charge in [0.25, 0.3) is 5.56 Å². The molecule has 6 nitrogen and oxygen atoms in total. The molecule has 0 atom stereocenters. The molecule has 0 saturated carbocycles. The van der Waals surface area contributed by atoms with Crippen molar-refractivity contribution in [3.8, 4) is 0 Å². The molecule has 0 aliphatic rings. The molecule has 0 saturated heterocycles. The van der Waals surface area contributed by atoms with Crippen molar-refractivity contribution in [3.63, 3.8) is 0 Å². The molecule has 0 unspecified atom stereocenters. The summed E-state index contributed by atoms with van der Waals surface area (Å²) in [5, 5.41) is 9.11. The fourth-order valence-electron chi connectivity index (χ4n) is 1.44. The van der Waals surface area contributed by atoms with Gasteiger partial charge < -0.3 is 10.1 Å². The van der Waals surface area contributed by atoms with E-state index in [1.165, 1.54) is 23.9 Å². The molecular weight excluding hydrogens is 280 g/mol. The van der Waals surface area contributed by atoms with Crippen LogP contribution in [0.5, 0.6) is 0 Å². The van der Waals surface area contributed by atoms with Crippen molar-refractivity contribution in [3.05, 3.63) is 32.5 Å². The van der Waals surface area contributed by atoms with E-state index in [4.69, 9.17) is 5.11 Å². The maximum atomic E-state index is 11.6. The van der Waals surface area contributed by atoms with E-state index in [-0.39, 0.29) is 19.6 Å². The lowest BCUT2D eigenvalue weighted by Crippen LogP contribution is -2.25. The number of H-pyrrole nitrogens is 2. The third kappa shape index (κ3) is 6.03. The molecule has 0 aliphatic heterocycles. The first-order valence-electron chi connectivity index (χ1n) is 5.91. The molecule has 1 heterocycles. The van der Waals surface area contributed by atoms with Gasteiger partial charge in [-0.15, -0.1) is 11.8 Å². The van der Waals surface area contributed by atoms with Gasteiger partial charge in [-0.05, 0) is 30.7 Å². The van der Waals surface area contributed by atoms with Crippen LogP contribution in [0.3, 0.4) is 0 Å². The Hall–Kier alpha value is -1.60. The second-order valence-corrected chi connectivity index (χ2v) is 4.88.